The van der Waals surface area contributed by atoms with Gasteiger partial charge in [0.1, 0.15) is 12.1 Å². The molecule has 1 aromatic heterocycles. The van der Waals surface area contributed by atoms with Crippen molar-refractivity contribution >= 4 is 0 Å². The van der Waals surface area contributed by atoms with Crippen molar-refractivity contribution in [3.05, 3.63) is 42.5 Å². The molecular formula is C16H16N2O. The Morgan fingerprint density at radius 3 is 2.74 bits per heavy atom. The van der Waals surface area contributed by atoms with Crippen molar-refractivity contribution in [3.63, 3.8) is 0 Å². The molecule has 2 heterocycles. The van der Waals surface area contributed by atoms with Crippen LogP contribution in [0.15, 0.2) is 36.8 Å². The molecule has 0 saturated heterocycles. The van der Waals surface area contributed by atoms with E-state index in [2.05, 4.69) is 22.1 Å². The minimum atomic E-state index is -0.217. The number of fused-ring (bicyclic) bond motifs is 4. The summed E-state index contributed by atoms with van der Waals surface area (Å²) >= 11 is 0. The Morgan fingerprint density at radius 1 is 1.00 bits per heavy atom. The summed E-state index contributed by atoms with van der Waals surface area (Å²) in [6.07, 6.45) is 9.42. The molecular weight excluding hydrogens is 236 g/mol. The highest BCUT2D eigenvalue weighted by Gasteiger charge is 2.43. The van der Waals surface area contributed by atoms with Crippen LogP contribution in [0.1, 0.15) is 37.8 Å². The fourth-order valence-electron chi connectivity index (χ4n) is 3.39. The van der Waals surface area contributed by atoms with E-state index in [4.69, 9.17) is 4.74 Å². The molecule has 2 aromatic rings. The van der Waals surface area contributed by atoms with E-state index in [9.17, 15) is 0 Å². The van der Waals surface area contributed by atoms with Crippen LogP contribution in [-0.4, -0.2) is 9.97 Å². The van der Waals surface area contributed by atoms with E-state index in [1.54, 1.807) is 6.33 Å². The number of benzene rings is 1. The summed E-state index contributed by atoms with van der Waals surface area (Å²) in [5, 5.41) is 0. The predicted octanol–water partition coefficient (Wildman–Crippen LogP) is 3.70. The van der Waals surface area contributed by atoms with Gasteiger partial charge in [0.25, 0.3) is 0 Å². The first-order chi connectivity index (χ1) is 9.39. The first-order valence-electron chi connectivity index (χ1n) is 6.98. The molecule has 96 valence electrons. The SMILES string of the molecule is c1ccc2c(c1)OC1(CCCCC1)c1ncncc1-2. The highest BCUT2D eigenvalue weighted by atomic mass is 16.5. The quantitative estimate of drug-likeness (QED) is 0.717. The number of ether oxygens (including phenoxy) is 1. The molecule has 4 rings (SSSR count). The fraction of sp³-hybridized carbons (Fsp3) is 0.375. The molecule has 1 aromatic carbocycles. The molecule has 3 nitrogen and oxygen atoms in total. The van der Waals surface area contributed by atoms with Crippen molar-refractivity contribution in [2.45, 2.75) is 37.7 Å². The fourth-order valence-corrected chi connectivity index (χ4v) is 3.39. The molecule has 0 unspecified atom stereocenters. The zero-order chi connectivity index (χ0) is 12.7. The van der Waals surface area contributed by atoms with Gasteiger partial charge >= 0.3 is 0 Å². The Balaban J connectivity index is 1.95. The van der Waals surface area contributed by atoms with Gasteiger partial charge < -0.3 is 4.74 Å². The second kappa shape index (κ2) is 4.05. The first-order valence-corrected chi connectivity index (χ1v) is 6.98. The van der Waals surface area contributed by atoms with Crippen molar-refractivity contribution in [2.75, 3.05) is 0 Å². The van der Waals surface area contributed by atoms with E-state index in [1.165, 1.54) is 19.3 Å². The average Bonchev–Trinajstić information content (AvgIpc) is 2.49. The maximum absolute atomic E-state index is 6.40. The number of hydrogen-bond donors (Lipinski definition) is 0. The zero-order valence-corrected chi connectivity index (χ0v) is 10.8. The molecule has 1 aliphatic heterocycles. The largest absolute Gasteiger partial charge is 0.480 e. The second-order valence-corrected chi connectivity index (χ2v) is 5.44. The molecule has 0 amide bonds. The van der Waals surface area contributed by atoms with E-state index in [0.717, 1.165) is 35.4 Å². The molecule has 0 bridgehead atoms. The topological polar surface area (TPSA) is 35.0 Å². The lowest BCUT2D eigenvalue weighted by atomic mass is 9.78. The molecule has 1 saturated carbocycles. The van der Waals surface area contributed by atoms with Gasteiger partial charge in [0.05, 0.1) is 5.69 Å². The molecule has 3 heteroatoms. The van der Waals surface area contributed by atoms with E-state index in [0.29, 0.717) is 0 Å². The number of nitrogens with zero attached hydrogens (tertiary/aromatic N) is 2. The smallest absolute Gasteiger partial charge is 0.151 e. The van der Waals surface area contributed by atoms with Crippen LogP contribution in [0.2, 0.25) is 0 Å². The molecule has 2 aliphatic rings. The summed E-state index contributed by atoms with van der Waals surface area (Å²) in [7, 11) is 0. The third-order valence-corrected chi connectivity index (χ3v) is 4.29. The van der Waals surface area contributed by atoms with E-state index in [1.807, 2.05) is 18.3 Å². The zero-order valence-electron chi connectivity index (χ0n) is 10.8. The van der Waals surface area contributed by atoms with Crippen LogP contribution in [0.4, 0.5) is 0 Å². The average molecular weight is 252 g/mol. The van der Waals surface area contributed by atoms with Gasteiger partial charge in [0.2, 0.25) is 0 Å². The van der Waals surface area contributed by atoms with Crippen molar-refractivity contribution in [2.24, 2.45) is 0 Å². The number of hydrogen-bond acceptors (Lipinski definition) is 3. The Morgan fingerprint density at radius 2 is 1.84 bits per heavy atom. The van der Waals surface area contributed by atoms with Crippen LogP contribution in [0.25, 0.3) is 11.1 Å². The lowest BCUT2D eigenvalue weighted by molar-refractivity contribution is 0.0196. The normalized spacial score (nSPS) is 19.4. The molecule has 1 fully saturated rings. The second-order valence-electron chi connectivity index (χ2n) is 5.44. The minimum Gasteiger partial charge on any atom is -0.480 e. The van der Waals surface area contributed by atoms with Gasteiger partial charge in [0.15, 0.2) is 5.60 Å². The van der Waals surface area contributed by atoms with Crippen molar-refractivity contribution in [3.8, 4) is 16.9 Å². The van der Waals surface area contributed by atoms with E-state index >= 15 is 0 Å². The maximum atomic E-state index is 6.40. The Bertz CT molecular complexity index is 618. The van der Waals surface area contributed by atoms with Gasteiger partial charge in [-0.25, -0.2) is 9.97 Å². The summed E-state index contributed by atoms with van der Waals surface area (Å²) in [5.74, 6) is 0.978. The Kier molecular flexibility index (Phi) is 2.34. The van der Waals surface area contributed by atoms with Crippen LogP contribution in [-0.2, 0) is 5.60 Å². The third kappa shape index (κ3) is 1.57. The van der Waals surface area contributed by atoms with Crippen LogP contribution in [0.3, 0.4) is 0 Å². The summed E-state index contributed by atoms with van der Waals surface area (Å²) in [6, 6.07) is 8.22. The van der Waals surface area contributed by atoms with Gasteiger partial charge in [-0.3, -0.25) is 0 Å². The maximum Gasteiger partial charge on any atom is 0.151 e. The summed E-state index contributed by atoms with van der Waals surface area (Å²) < 4.78 is 6.40. The summed E-state index contributed by atoms with van der Waals surface area (Å²) in [4.78, 5) is 8.77. The van der Waals surface area contributed by atoms with Crippen LogP contribution >= 0.6 is 0 Å². The minimum absolute atomic E-state index is 0.217. The number of para-hydroxylation sites is 1. The number of rotatable bonds is 0. The highest BCUT2D eigenvalue weighted by molar-refractivity contribution is 5.74. The van der Waals surface area contributed by atoms with E-state index < -0.39 is 0 Å². The Labute approximate surface area is 112 Å². The van der Waals surface area contributed by atoms with E-state index in [-0.39, 0.29) is 5.60 Å². The van der Waals surface area contributed by atoms with Gasteiger partial charge in [-0.05, 0) is 31.7 Å². The molecule has 0 N–H and O–H groups in total. The first kappa shape index (κ1) is 11.0. The van der Waals surface area contributed by atoms with Crippen LogP contribution < -0.4 is 4.74 Å². The van der Waals surface area contributed by atoms with Crippen molar-refractivity contribution < 1.29 is 4.74 Å². The van der Waals surface area contributed by atoms with Crippen LogP contribution in [0, 0.1) is 0 Å². The van der Waals surface area contributed by atoms with Gasteiger partial charge in [0, 0.05) is 17.3 Å². The van der Waals surface area contributed by atoms with Crippen molar-refractivity contribution in [1.29, 1.82) is 0 Å². The standard InChI is InChI=1S/C16H16N2O/c1-4-8-16(9-5-1)15-13(10-17-11-18-15)12-6-2-3-7-14(12)19-16/h2-3,6-7,10-11H,1,4-5,8-9H2. The number of aromatic nitrogens is 2. The van der Waals surface area contributed by atoms with Gasteiger partial charge in [-0.15, -0.1) is 0 Å². The summed E-state index contributed by atoms with van der Waals surface area (Å²) in [5.41, 5.74) is 3.13. The van der Waals surface area contributed by atoms with Gasteiger partial charge in [-0.2, -0.15) is 0 Å². The summed E-state index contributed by atoms with van der Waals surface area (Å²) in [6.45, 7) is 0. The lowest BCUT2D eigenvalue weighted by Crippen LogP contribution is -2.39. The lowest BCUT2D eigenvalue weighted by Gasteiger charge is -2.41. The molecule has 0 atom stereocenters. The predicted molar refractivity (Wildman–Crippen MR) is 72.9 cm³/mol. The molecule has 0 radical (unpaired) electrons. The van der Waals surface area contributed by atoms with Crippen molar-refractivity contribution in [1.82, 2.24) is 9.97 Å². The van der Waals surface area contributed by atoms with Crippen LogP contribution in [0.5, 0.6) is 5.75 Å². The molecule has 1 aliphatic carbocycles. The third-order valence-electron chi connectivity index (χ3n) is 4.29. The molecule has 1 spiro atoms. The Hall–Kier alpha value is -1.90. The van der Waals surface area contributed by atoms with Gasteiger partial charge in [-0.1, -0.05) is 24.6 Å². The highest BCUT2D eigenvalue weighted by Crippen LogP contribution is 2.49. The monoisotopic (exact) mass is 252 g/mol. The molecule has 19 heavy (non-hydrogen) atoms.